The minimum atomic E-state index is 0.553. The quantitative estimate of drug-likeness (QED) is 0.691. The van der Waals surface area contributed by atoms with Crippen molar-refractivity contribution >= 4 is 32.8 Å². The Labute approximate surface area is 113 Å². The third kappa shape index (κ3) is 1.79. The molecule has 1 nitrogen and oxygen atoms in total. The first-order chi connectivity index (χ1) is 8.56. The van der Waals surface area contributed by atoms with Crippen molar-refractivity contribution in [2.24, 2.45) is 10.9 Å². The highest BCUT2D eigenvalue weighted by atomic mass is 32.1. The number of hydrogen-bond donors (Lipinski definition) is 0. The largest absolute Gasteiger partial charge is 0.257 e. The molecule has 18 heavy (non-hydrogen) atoms. The third-order valence-electron chi connectivity index (χ3n) is 3.64. The number of thiophene rings is 1. The van der Waals surface area contributed by atoms with E-state index < -0.39 is 0 Å². The van der Waals surface area contributed by atoms with Crippen LogP contribution in [0.25, 0.3) is 10.1 Å². The monoisotopic (exact) mass is 257 g/mol. The van der Waals surface area contributed by atoms with Gasteiger partial charge in [-0.15, -0.1) is 11.3 Å². The zero-order valence-electron chi connectivity index (χ0n) is 11.4. The van der Waals surface area contributed by atoms with Gasteiger partial charge >= 0.3 is 0 Å². The van der Waals surface area contributed by atoms with Crippen LogP contribution in [-0.4, -0.2) is 5.71 Å². The first-order valence-electron chi connectivity index (χ1n) is 6.69. The Morgan fingerprint density at radius 2 is 1.89 bits per heavy atom. The molecule has 1 aliphatic rings. The molecule has 3 rings (SSSR count). The average molecular weight is 257 g/mol. The van der Waals surface area contributed by atoms with E-state index in [-0.39, 0.29) is 0 Å². The summed E-state index contributed by atoms with van der Waals surface area (Å²) in [6.07, 6.45) is 1.04. The molecule has 0 amide bonds. The van der Waals surface area contributed by atoms with Gasteiger partial charge in [0.25, 0.3) is 0 Å². The standard InChI is InChI=1S/C16H19NS/c1-9(2)14-8-12-13(17-14)6-5-11-7-15(10(3)4)18-16(11)12/h5-7,9-10H,8H2,1-4H3. The lowest BCUT2D eigenvalue weighted by Gasteiger charge is -2.02. The van der Waals surface area contributed by atoms with Crippen LogP contribution in [0.15, 0.2) is 23.2 Å². The van der Waals surface area contributed by atoms with Crippen LogP contribution in [0.4, 0.5) is 5.69 Å². The van der Waals surface area contributed by atoms with Gasteiger partial charge in [-0.05, 0) is 29.4 Å². The first kappa shape index (κ1) is 11.9. The molecule has 0 fully saturated rings. The summed E-state index contributed by atoms with van der Waals surface area (Å²) in [6, 6.07) is 6.76. The van der Waals surface area contributed by atoms with E-state index in [9.17, 15) is 0 Å². The minimum absolute atomic E-state index is 0.553. The van der Waals surface area contributed by atoms with E-state index in [0.717, 1.165) is 6.42 Å². The van der Waals surface area contributed by atoms with Crippen LogP contribution >= 0.6 is 11.3 Å². The van der Waals surface area contributed by atoms with E-state index in [1.165, 1.54) is 31.9 Å². The molecular weight excluding hydrogens is 238 g/mol. The van der Waals surface area contributed by atoms with E-state index in [0.29, 0.717) is 11.8 Å². The number of fused-ring (bicyclic) bond motifs is 3. The van der Waals surface area contributed by atoms with Crippen LogP contribution in [-0.2, 0) is 6.42 Å². The number of benzene rings is 1. The zero-order chi connectivity index (χ0) is 12.9. The van der Waals surface area contributed by atoms with Gasteiger partial charge in [0, 0.05) is 27.3 Å². The van der Waals surface area contributed by atoms with E-state index in [1.807, 2.05) is 11.3 Å². The van der Waals surface area contributed by atoms with E-state index >= 15 is 0 Å². The van der Waals surface area contributed by atoms with Gasteiger partial charge in [0.2, 0.25) is 0 Å². The van der Waals surface area contributed by atoms with Crippen molar-refractivity contribution in [2.45, 2.75) is 40.0 Å². The highest BCUT2D eigenvalue weighted by Gasteiger charge is 2.20. The molecular formula is C16H19NS. The Morgan fingerprint density at radius 3 is 2.56 bits per heavy atom. The molecule has 0 unspecified atom stereocenters. The highest BCUT2D eigenvalue weighted by Crippen LogP contribution is 2.40. The second-order valence-electron chi connectivity index (χ2n) is 5.72. The molecule has 0 aliphatic carbocycles. The van der Waals surface area contributed by atoms with Crippen molar-refractivity contribution in [2.75, 3.05) is 0 Å². The normalized spacial score (nSPS) is 14.7. The van der Waals surface area contributed by atoms with Crippen LogP contribution < -0.4 is 0 Å². The maximum atomic E-state index is 4.78. The number of rotatable bonds is 2. The van der Waals surface area contributed by atoms with Crippen molar-refractivity contribution < 1.29 is 0 Å². The average Bonchev–Trinajstić information content (AvgIpc) is 2.91. The number of nitrogens with zero attached hydrogens (tertiary/aromatic N) is 1. The predicted octanol–water partition coefficient (Wildman–Crippen LogP) is 5.31. The lowest BCUT2D eigenvalue weighted by molar-refractivity contribution is 0.872. The molecule has 0 bridgehead atoms. The Bertz CT molecular complexity index is 632. The van der Waals surface area contributed by atoms with Gasteiger partial charge in [-0.25, -0.2) is 0 Å². The Morgan fingerprint density at radius 1 is 1.11 bits per heavy atom. The summed E-state index contributed by atoms with van der Waals surface area (Å²) >= 11 is 1.95. The van der Waals surface area contributed by atoms with Crippen LogP contribution in [0, 0.1) is 5.92 Å². The topological polar surface area (TPSA) is 12.4 Å². The molecule has 94 valence electrons. The van der Waals surface area contributed by atoms with Gasteiger partial charge in [-0.1, -0.05) is 33.8 Å². The summed E-state index contributed by atoms with van der Waals surface area (Å²) in [6.45, 7) is 8.99. The van der Waals surface area contributed by atoms with Crippen LogP contribution in [0.2, 0.25) is 0 Å². The van der Waals surface area contributed by atoms with Gasteiger partial charge < -0.3 is 0 Å². The second kappa shape index (κ2) is 4.20. The van der Waals surface area contributed by atoms with E-state index in [2.05, 4.69) is 45.9 Å². The molecule has 0 saturated heterocycles. The smallest absolute Gasteiger partial charge is 0.0679 e. The van der Waals surface area contributed by atoms with Crippen molar-refractivity contribution in [1.29, 1.82) is 0 Å². The number of aliphatic imine (C=N–C) groups is 1. The summed E-state index contributed by atoms with van der Waals surface area (Å²) in [4.78, 5) is 6.26. The molecule has 1 aliphatic heterocycles. The minimum Gasteiger partial charge on any atom is -0.257 e. The van der Waals surface area contributed by atoms with Gasteiger partial charge in [-0.3, -0.25) is 4.99 Å². The Hall–Kier alpha value is -1.15. The second-order valence-corrected chi connectivity index (χ2v) is 6.80. The summed E-state index contributed by atoms with van der Waals surface area (Å²) in [7, 11) is 0. The maximum absolute atomic E-state index is 4.78. The molecule has 2 heteroatoms. The first-order valence-corrected chi connectivity index (χ1v) is 7.50. The van der Waals surface area contributed by atoms with Gasteiger partial charge in [0.1, 0.15) is 0 Å². The lowest BCUT2D eigenvalue weighted by atomic mass is 10.0. The molecule has 0 N–H and O–H groups in total. The van der Waals surface area contributed by atoms with E-state index in [1.54, 1.807) is 0 Å². The van der Waals surface area contributed by atoms with E-state index in [4.69, 9.17) is 4.99 Å². The van der Waals surface area contributed by atoms with Crippen molar-refractivity contribution in [3.8, 4) is 0 Å². The summed E-state index contributed by atoms with van der Waals surface area (Å²) in [5, 5.41) is 1.39. The fourth-order valence-electron chi connectivity index (χ4n) is 2.44. The third-order valence-corrected chi connectivity index (χ3v) is 5.15. The molecule has 2 heterocycles. The van der Waals surface area contributed by atoms with Gasteiger partial charge in [-0.2, -0.15) is 0 Å². The van der Waals surface area contributed by atoms with Crippen molar-refractivity contribution in [3.63, 3.8) is 0 Å². The molecule has 2 aromatic rings. The molecule has 0 atom stereocenters. The van der Waals surface area contributed by atoms with Crippen LogP contribution in [0.1, 0.15) is 44.1 Å². The summed E-state index contributed by atoms with van der Waals surface area (Å²) in [5.41, 5.74) is 3.98. The Balaban J connectivity index is 2.12. The highest BCUT2D eigenvalue weighted by molar-refractivity contribution is 7.19. The SMILES string of the molecule is CC(C)C1=Nc2ccc3cc(C(C)C)sc3c2C1. The summed E-state index contributed by atoms with van der Waals surface area (Å²) in [5.74, 6) is 1.17. The predicted molar refractivity (Wildman–Crippen MR) is 81.6 cm³/mol. The van der Waals surface area contributed by atoms with Crippen molar-refractivity contribution in [1.82, 2.24) is 0 Å². The number of hydrogen-bond acceptors (Lipinski definition) is 2. The molecule has 1 aromatic heterocycles. The van der Waals surface area contributed by atoms with Gasteiger partial charge in [0.15, 0.2) is 0 Å². The fourth-order valence-corrected chi connectivity index (χ4v) is 3.64. The fraction of sp³-hybridized carbons (Fsp3) is 0.438. The van der Waals surface area contributed by atoms with Crippen molar-refractivity contribution in [3.05, 3.63) is 28.6 Å². The Kier molecular flexibility index (Phi) is 2.78. The molecule has 0 spiro atoms. The van der Waals surface area contributed by atoms with Crippen LogP contribution in [0.3, 0.4) is 0 Å². The molecule has 1 aromatic carbocycles. The maximum Gasteiger partial charge on any atom is 0.0679 e. The lowest BCUT2D eigenvalue weighted by Crippen LogP contribution is -2.06. The summed E-state index contributed by atoms with van der Waals surface area (Å²) < 4.78 is 1.45. The van der Waals surface area contributed by atoms with Crippen LogP contribution in [0.5, 0.6) is 0 Å². The van der Waals surface area contributed by atoms with Gasteiger partial charge in [0.05, 0.1) is 5.69 Å². The molecule has 0 saturated carbocycles. The molecule has 0 radical (unpaired) electrons. The zero-order valence-corrected chi connectivity index (χ0v) is 12.3.